The zero-order chi connectivity index (χ0) is 13.0. The van der Waals surface area contributed by atoms with E-state index in [-0.39, 0.29) is 6.54 Å². The molecule has 6 nitrogen and oxygen atoms in total. The Morgan fingerprint density at radius 3 is 2.78 bits per heavy atom. The van der Waals surface area contributed by atoms with Crippen molar-refractivity contribution in [3.05, 3.63) is 29.7 Å². The number of nitrogens with two attached hydrogens (primary N) is 1. The Hall–Kier alpha value is -1.92. The van der Waals surface area contributed by atoms with Gasteiger partial charge in [-0.15, -0.1) is 0 Å². The van der Waals surface area contributed by atoms with Gasteiger partial charge in [-0.1, -0.05) is 5.16 Å². The zero-order valence-electron chi connectivity index (χ0n) is 10.3. The number of hydrogen-bond acceptors (Lipinski definition) is 6. The van der Waals surface area contributed by atoms with Crippen LogP contribution in [-0.4, -0.2) is 24.4 Å². The number of nitrogens with zero attached hydrogens (tertiary/aromatic N) is 2. The summed E-state index contributed by atoms with van der Waals surface area (Å²) in [6.45, 7) is 0.668. The lowest BCUT2D eigenvalue weighted by molar-refractivity contribution is 0.185. The molecular weight excluding hydrogens is 234 g/mol. The van der Waals surface area contributed by atoms with Crippen LogP contribution in [0.5, 0.6) is 5.75 Å². The average Bonchev–Trinajstić information content (AvgIpc) is 2.87. The highest BCUT2D eigenvalue weighted by atomic mass is 16.5. The predicted octanol–water partition coefficient (Wildman–Crippen LogP) is 1.35. The van der Waals surface area contributed by atoms with Crippen molar-refractivity contribution in [3.63, 3.8) is 0 Å². The second kappa shape index (κ2) is 5.61. The highest BCUT2D eigenvalue weighted by molar-refractivity contribution is 5.61. The summed E-state index contributed by atoms with van der Waals surface area (Å²) in [5.74, 6) is 1.67. The zero-order valence-corrected chi connectivity index (χ0v) is 10.3. The smallest absolute Gasteiger partial charge is 0.240 e. The molecule has 0 fully saturated rings. The van der Waals surface area contributed by atoms with Crippen molar-refractivity contribution in [1.82, 2.24) is 10.1 Å². The Kier molecular flexibility index (Phi) is 3.91. The third kappa shape index (κ3) is 2.49. The monoisotopic (exact) mass is 249 g/mol. The van der Waals surface area contributed by atoms with E-state index in [0.717, 1.165) is 16.9 Å². The third-order valence-electron chi connectivity index (χ3n) is 2.50. The standard InChI is InChI=1S/C12H15N3O3/c1-16-7-8-5-9(17-2)3-4-10(8)12-14-11(6-13)18-15-12/h3-5H,6-7,13H2,1-2H3. The average molecular weight is 249 g/mol. The van der Waals surface area contributed by atoms with E-state index >= 15 is 0 Å². The molecular formula is C12H15N3O3. The first-order chi connectivity index (χ1) is 8.78. The van der Waals surface area contributed by atoms with Crippen molar-refractivity contribution in [2.75, 3.05) is 14.2 Å². The van der Waals surface area contributed by atoms with E-state index in [1.807, 2.05) is 18.2 Å². The fourth-order valence-corrected chi connectivity index (χ4v) is 1.64. The molecule has 96 valence electrons. The number of aromatic nitrogens is 2. The van der Waals surface area contributed by atoms with Crippen molar-refractivity contribution in [2.24, 2.45) is 5.73 Å². The molecule has 1 heterocycles. The predicted molar refractivity (Wildman–Crippen MR) is 64.9 cm³/mol. The van der Waals surface area contributed by atoms with Crippen LogP contribution < -0.4 is 10.5 Å². The molecule has 0 bridgehead atoms. The molecule has 2 N–H and O–H groups in total. The van der Waals surface area contributed by atoms with E-state index in [2.05, 4.69) is 10.1 Å². The van der Waals surface area contributed by atoms with Gasteiger partial charge in [-0.3, -0.25) is 0 Å². The molecule has 0 saturated carbocycles. The SMILES string of the molecule is COCc1cc(OC)ccc1-c1noc(CN)n1. The van der Waals surface area contributed by atoms with Crippen LogP contribution >= 0.6 is 0 Å². The molecule has 1 aromatic carbocycles. The Labute approximate surface area is 105 Å². The van der Waals surface area contributed by atoms with Crippen LogP contribution in [0.25, 0.3) is 11.4 Å². The minimum Gasteiger partial charge on any atom is -0.497 e. The summed E-state index contributed by atoms with van der Waals surface area (Å²) in [6.07, 6.45) is 0. The largest absolute Gasteiger partial charge is 0.497 e. The molecule has 0 unspecified atom stereocenters. The molecule has 0 spiro atoms. The van der Waals surface area contributed by atoms with E-state index < -0.39 is 0 Å². The topological polar surface area (TPSA) is 83.4 Å². The van der Waals surface area contributed by atoms with Crippen LogP contribution in [0.15, 0.2) is 22.7 Å². The number of ether oxygens (including phenoxy) is 2. The number of hydrogen-bond donors (Lipinski definition) is 1. The lowest BCUT2D eigenvalue weighted by Gasteiger charge is -2.07. The molecule has 0 saturated heterocycles. The normalized spacial score (nSPS) is 10.6. The van der Waals surface area contributed by atoms with Gasteiger partial charge in [-0.2, -0.15) is 4.98 Å². The van der Waals surface area contributed by atoms with Gasteiger partial charge < -0.3 is 19.7 Å². The van der Waals surface area contributed by atoms with Gasteiger partial charge in [-0.25, -0.2) is 0 Å². The summed E-state index contributed by atoms with van der Waals surface area (Å²) in [7, 11) is 3.25. The molecule has 2 aromatic rings. The first-order valence-electron chi connectivity index (χ1n) is 5.47. The van der Waals surface area contributed by atoms with Crippen LogP contribution in [0, 0.1) is 0 Å². The van der Waals surface area contributed by atoms with E-state index in [4.69, 9.17) is 19.7 Å². The Morgan fingerprint density at radius 1 is 1.33 bits per heavy atom. The summed E-state index contributed by atoms with van der Waals surface area (Å²) >= 11 is 0. The third-order valence-corrected chi connectivity index (χ3v) is 2.50. The van der Waals surface area contributed by atoms with Crippen LogP contribution in [0.2, 0.25) is 0 Å². The van der Waals surface area contributed by atoms with Gasteiger partial charge in [0.25, 0.3) is 0 Å². The molecule has 0 aliphatic heterocycles. The van der Waals surface area contributed by atoms with Crippen LogP contribution in [0.4, 0.5) is 0 Å². The van der Waals surface area contributed by atoms with Crippen LogP contribution in [0.3, 0.4) is 0 Å². The molecule has 0 aliphatic rings. The first kappa shape index (κ1) is 12.5. The Balaban J connectivity index is 2.41. The second-order valence-electron chi connectivity index (χ2n) is 3.67. The van der Waals surface area contributed by atoms with Crippen molar-refractivity contribution < 1.29 is 14.0 Å². The maximum absolute atomic E-state index is 5.44. The van der Waals surface area contributed by atoms with E-state index in [1.165, 1.54) is 0 Å². The summed E-state index contributed by atoms with van der Waals surface area (Å²) in [4.78, 5) is 4.20. The molecule has 18 heavy (non-hydrogen) atoms. The molecule has 1 aromatic heterocycles. The van der Waals surface area contributed by atoms with Crippen molar-refractivity contribution >= 4 is 0 Å². The molecule has 2 rings (SSSR count). The van der Waals surface area contributed by atoms with Crippen molar-refractivity contribution in [1.29, 1.82) is 0 Å². The minimum atomic E-state index is 0.225. The van der Waals surface area contributed by atoms with Crippen LogP contribution in [0.1, 0.15) is 11.5 Å². The first-order valence-corrected chi connectivity index (χ1v) is 5.47. The highest BCUT2D eigenvalue weighted by Crippen LogP contribution is 2.26. The minimum absolute atomic E-state index is 0.225. The molecule has 0 amide bonds. The lowest BCUT2D eigenvalue weighted by Crippen LogP contribution is -1.97. The fourth-order valence-electron chi connectivity index (χ4n) is 1.64. The molecule has 0 radical (unpaired) electrons. The highest BCUT2D eigenvalue weighted by Gasteiger charge is 2.12. The Morgan fingerprint density at radius 2 is 2.17 bits per heavy atom. The van der Waals surface area contributed by atoms with Crippen molar-refractivity contribution in [3.8, 4) is 17.1 Å². The van der Waals surface area contributed by atoms with Gasteiger partial charge in [-0.05, 0) is 23.8 Å². The summed E-state index contributed by atoms with van der Waals surface area (Å²) in [5.41, 5.74) is 7.22. The Bertz CT molecular complexity index is 525. The maximum Gasteiger partial charge on any atom is 0.240 e. The van der Waals surface area contributed by atoms with Gasteiger partial charge >= 0.3 is 0 Å². The van der Waals surface area contributed by atoms with Gasteiger partial charge in [0.1, 0.15) is 5.75 Å². The molecule has 6 heteroatoms. The van der Waals surface area contributed by atoms with Gasteiger partial charge in [0.15, 0.2) is 0 Å². The molecule has 0 aliphatic carbocycles. The van der Waals surface area contributed by atoms with Crippen molar-refractivity contribution in [2.45, 2.75) is 13.2 Å². The van der Waals surface area contributed by atoms with E-state index in [0.29, 0.717) is 18.3 Å². The van der Waals surface area contributed by atoms with Gasteiger partial charge in [0, 0.05) is 12.7 Å². The number of benzene rings is 1. The van der Waals surface area contributed by atoms with Gasteiger partial charge in [0.2, 0.25) is 11.7 Å². The van der Waals surface area contributed by atoms with E-state index in [1.54, 1.807) is 14.2 Å². The number of rotatable bonds is 5. The summed E-state index contributed by atoms with van der Waals surface area (Å²) in [6, 6.07) is 5.60. The second-order valence-corrected chi connectivity index (χ2v) is 3.67. The summed E-state index contributed by atoms with van der Waals surface area (Å²) in [5, 5.41) is 3.89. The van der Waals surface area contributed by atoms with E-state index in [9.17, 15) is 0 Å². The summed E-state index contributed by atoms with van der Waals surface area (Å²) < 4.78 is 15.3. The van der Waals surface area contributed by atoms with Gasteiger partial charge in [0.05, 0.1) is 20.3 Å². The lowest BCUT2D eigenvalue weighted by atomic mass is 10.1. The number of methoxy groups -OCH3 is 2. The van der Waals surface area contributed by atoms with Crippen LogP contribution in [-0.2, 0) is 17.9 Å². The maximum atomic E-state index is 5.44. The fraction of sp³-hybridized carbons (Fsp3) is 0.333. The molecule has 0 atom stereocenters. The quantitative estimate of drug-likeness (QED) is 0.861.